The van der Waals surface area contributed by atoms with Gasteiger partial charge in [0.2, 0.25) is 0 Å². The van der Waals surface area contributed by atoms with Crippen LogP contribution in [0.4, 0.5) is 0 Å². The summed E-state index contributed by atoms with van der Waals surface area (Å²) < 4.78 is 0. The molecule has 2 aliphatic rings. The molecule has 0 spiro atoms. The Bertz CT molecular complexity index is 466. The fourth-order valence-electron chi connectivity index (χ4n) is 2.87. The van der Waals surface area contributed by atoms with Crippen molar-refractivity contribution < 1.29 is 0 Å². The molecule has 0 saturated carbocycles. The average Bonchev–Trinajstić information content (AvgIpc) is 3.17. The zero-order valence-electron chi connectivity index (χ0n) is 10.3. The standard InChI is InChI=1S/C15H19N3/c16-11-17-15(13-9-5-2-6-10-13)14(18-15)12-7-3-1-4-8-12/h1-7,9-10,12,14,17-18H,8,11,16H2/t12?,14?,15-/m0/s1. The van der Waals surface area contributed by atoms with Gasteiger partial charge in [-0.2, -0.15) is 0 Å². The summed E-state index contributed by atoms with van der Waals surface area (Å²) in [6.45, 7) is 0.477. The van der Waals surface area contributed by atoms with Crippen LogP contribution in [0.15, 0.2) is 54.6 Å². The average molecular weight is 241 g/mol. The maximum atomic E-state index is 5.70. The van der Waals surface area contributed by atoms with Crippen molar-refractivity contribution in [2.45, 2.75) is 18.1 Å². The van der Waals surface area contributed by atoms with Gasteiger partial charge >= 0.3 is 0 Å². The Morgan fingerprint density at radius 3 is 2.78 bits per heavy atom. The highest BCUT2D eigenvalue weighted by molar-refractivity contribution is 5.35. The molecule has 3 rings (SSSR count). The molecule has 18 heavy (non-hydrogen) atoms. The number of hydrogen-bond donors (Lipinski definition) is 3. The second-order valence-corrected chi connectivity index (χ2v) is 4.89. The first-order valence-corrected chi connectivity index (χ1v) is 6.48. The first-order chi connectivity index (χ1) is 8.87. The molecular weight excluding hydrogens is 222 g/mol. The fourth-order valence-corrected chi connectivity index (χ4v) is 2.87. The van der Waals surface area contributed by atoms with Gasteiger partial charge in [0.15, 0.2) is 0 Å². The van der Waals surface area contributed by atoms with Crippen molar-refractivity contribution in [3.8, 4) is 0 Å². The zero-order valence-corrected chi connectivity index (χ0v) is 10.3. The van der Waals surface area contributed by atoms with Crippen molar-refractivity contribution in [3.05, 3.63) is 60.2 Å². The van der Waals surface area contributed by atoms with Crippen LogP contribution in [-0.4, -0.2) is 12.7 Å². The summed E-state index contributed by atoms with van der Waals surface area (Å²) in [4.78, 5) is 0. The van der Waals surface area contributed by atoms with Crippen molar-refractivity contribution in [1.82, 2.24) is 10.6 Å². The fraction of sp³-hybridized carbons (Fsp3) is 0.333. The molecule has 1 saturated heterocycles. The van der Waals surface area contributed by atoms with Crippen LogP contribution in [0.2, 0.25) is 0 Å². The molecule has 0 aromatic heterocycles. The van der Waals surface area contributed by atoms with Crippen molar-refractivity contribution in [3.63, 3.8) is 0 Å². The smallest absolute Gasteiger partial charge is 0.113 e. The Labute approximate surface area is 108 Å². The molecule has 4 N–H and O–H groups in total. The second kappa shape index (κ2) is 4.69. The highest BCUT2D eigenvalue weighted by Crippen LogP contribution is 2.41. The highest BCUT2D eigenvalue weighted by atomic mass is 15.4. The SMILES string of the molecule is NCN[C@@]1(c2ccccc2)NC1C1C=CC=CC1. The third kappa shape index (κ3) is 1.90. The Hall–Kier alpha value is -1.42. The summed E-state index contributed by atoms with van der Waals surface area (Å²) in [5.41, 5.74) is 6.83. The van der Waals surface area contributed by atoms with Gasteiger partial charge in [-0.15, -0.1) is 0 Å². The second-order valence-electron chi connectivity index (χ2n) is 4.89. The normalized spacial score (nSPS) is 33.6. The number of hydrogen-bond acceptors (Lipinski definition) is 3. The molecule has 1 aromatic carbocycles. The van der Waals surface area contributed by atoms with Crippen molar-refractivity contribution >= 4 is 0 Å². The van der Waals surface area contributed by atoms with Crippen molar-refractivity contribution in [2.24, 2.45) is 11.7 Å². The van der Waals surface area contributed by atoms with Gasteiger partial charge in [-0.1, -0.05) is 54.6 Å². The Morgan fingerprint density at radius 2 is 2.11 bits per heavy atom. The van der Waals surface area contributed by atoms with E-state index in [0.717, 1.165) is 6.42 Å². The monoisotopic (exact) mass is 241 g/mol. The molecule has 0 radical (unpaired) electrons. The lowest BCUT2D eigenvalue weighted by Gasteiger charge is -2.20. The summed E-state index contributed by atoms with van der Waals surface area (Å²) in [5, 5.41) is 7.00. The van der Waals surface area contributed by atoms with Crippen molar-refractivity contribution in [1.29, 1.82) is 0 Å². The number of benzene rings is 1. The van der Waals surface area contributed by atoms with Crippen molar-refractivity contribution in [2.75, 3.05) is 6.67 Å². The summed E-state index contributed by atoms with van der Waals surface area (Å²) in [6, 6.07) is 10.9. The molecule has 1 aliphatic heterocycles. The van der Waals surface area contributed by atoms with Gasteiger partial charge < -0.3 is 5.73 Å². The van der Waals surface area contributed by atoms with E-state index >= 15 is 0 Å². The molecule has 3 nitrogen and oxygen atoms in total. The molecule has 0 amide bonds. The Morgan fingerprint density at radius 1 is 1.28 bits per heavy atom. The van der Waals surface area contributed by atoms with E-state index in [0.29, 0.717) is 18.6 Å². The van der Waals surface area contributed by atoms with Crippen LogP contribution in [0.3, 0.4) is 0 Å². The van der Waals surface area contributed by atoms with Crippen LogP contribution in [0.1, 0.15) is 12.0 Å². The lowest BCUT2D eigenvalue weighted by Crippen LogP contribution is -2.39. The van der Waals surface area contributed by atoms with Crippen LogP contribution in [0.5, 0.6) is 0 Å². The van der Waals surface area contributed by atoms with Crippen LogP contribution < -0.4 is 16.4 Å². The Kier molecular flexibility index (Phi) is 3.04. The molecule has 3 heteroatoms. The first-order valence-electron chi connectivity index (χ1n) is 6.48. The maximum Gasteiger partial charge on any atom is 0.113 e. The maximum absolute atomic E-state index is 5.70. The molecule has 2 unspecified atom stereocenters. The van der Waals surface area contributed by atoms with Gasteiger partial charge in [0.05, 0.1) is 6.04 Å². The summed E-state index contributed by atoms with van der Waals surface area (Å²) in [7, 11) is 0. The molecule has 1 aromatic rings. The summed E-state index contributed by atoms with van der Waals surface area (Å²) >= 11 is 0. The van der Waals surface area contributed by atoms with Crippen LogP contribution in [0, 0.1) is 5.92 Å². The van der Waals surface area contributed by atoms with E-state index in [1.54, 1.807) is 0 Å². The van der Waals surface area contributed by atoms with E-state index in [-0.39, 0.29) is 5.66 Å². The van der Waals surface area contributed by atoms with E-state index in [1.807, 2.05) is 6.07 Å². The predicted octanol–water partition coefficient (Wildman–Crippen LogP) is 1.45. The van der Waals surface area contributed by atoms with Gasteiger partial charge in [0, 0.05) is 6.67 Å². The summed E-state index contributed by atoms with van der Waals surface area (Å²) in [5.74, 6) is 0.536. The van der Waals surface area contributed by atoms with Crippen LogP contribution in [0.25, 0.3) is 0 Å². The minimum absolute atomic E-state index is 0.143. The molecular formula is C15H19N3. The largest absolute Gasteiger partial charge is 0.318 e. The van der Waals surface area contributed by atoms with E-state index in [2.05, 4.69) is 59.2 Å². The third-order valence-electron chi connectivity index (χ3n) is 3.82. The zero-order chi connectivity index (χ0) is 12.4. The van der Waals surface area contributed by atoms with Gasteiger partial charge in [-0.3, -0.25) is 10.6 Å². The molecule has 1 heterocycles. The van der Waals surface area contributed by atoms with E-state index in [4.69, 9.17) is 5.73 Å². The Balaban J connectivity index is 1.83. The molecule has 3 atom stereocenters. The number of rotatable bonds is 4. The molecule has 1 fully saturated rings. The van der Waals surface area contributed by atoms with Gasteiger partial charge in [0.1, 0.15) is 5.66 Å². The predicted molar refractivity (Wildman–Crippen MR) is 73.6 cm³/mol. The minimum Gasteiger partial charge on any atom is -0.318 e. The first kappa shape index (κ1) is 11.7. The van der Waals surface area contributed by atoms with E-state index < -0.39 is 0 Å². The van der Waals surface area contributed by atoms with E-state index in [9.17, 15) is 0 Å². The van der Waals surface area contributed by atoms with Gasteiger partial charge in [-0.05, 0) is 17.9 Å². The molecule has 0 bridgehead atoms. The minimum atomic E-state index is -0.143. The topological polar surface area (TPSA) is 60.0 Å². The highest BCUT2D eigenvalue weighted by Gasteiger charge is 2.56. The lowest BCUT2D eigenvalue weighted by atomic mass is 9.90. The lowest BCUT2D eigenvalue weighted by molar-refractivity contribution is 0.466. The number of nitrogens with two attached hydrogens (primary N) is 1. The van der Waals surface area contributed by atoms with Crippen LogP contribution in [-0.2, 0) is 5.66 Å². The van der Waals surface area contributed by atoms with Gasteiger partial charge in [-0.25, -0.2) is 0 Å². The molecule has 1 aliphatic carbocycles. The summed E-state index contributed by atoms with van der Waals surface area (Å²) in [6.07, 6.45) is 9.84. The number of nitrogens with one attached hydrogen (secondary N) is 2. The quantitative estimate of drug-likeness (QED) is 0.552. The van der Waals surface area contributed by atoms with Gasteiger partial charge in [0.25, 0.3) is 0 Å². The molecule has 94 valence electrons. The van der Waals surface area contributed by atoms with Crippen LogP contribution >= 0.6 is 0 Å². The number of allylic oxidation sites excluding steroid dienone is 3. The third-order valence-corrected chi connectivity index (χ3v) is 3.82. The van der Waals surface area contributed by atoms with E-state index in [1.165, 1.54) is 5.56 Å².